The molecule has 2 heterocycles. The van der Waals surface area contributed by atoms with Crippen molar-refractivity contribution in [3.05, 3.63) is 59.2 Å². The van der Waals surface area contributed by atoms with Crippen LogP contribution in [-0.2, 0) is 28.2 Å². The lowest BCUT2D eigenvalue weighted by Crippen LogP contribution is -2.50. The Bertz CT molecular complexity index is 967. The molecule has 0 aliphatic carbocycles. The van der Waals surface area contributed by atoms with Crippen LogP contribution in [0.2, 0.25) is 0 Å². The van der Waals surface area contributed by atoms with Crippen LogP contribution in [0.1, 0.15) is 36.5 Å². The van der Waals surface area contributed by atoms with E-state index in [0.29, 0.717) is 30.2 Å². The first-order chi connectivity index (χ1) is 15.3. The van der Waals surface area contributed by atoms with E-state index in [-0.39, 0.29) is 18.6 Å². The van der Waals surface area contributed by atoms with Gasteiger partial charge in [0.05, 0.1) is 25.7 Å². The van der Waals surface area contributed by atoms with E-state index in [9.17, 15) is 9.90 Å². The zero-order valence-electron chi connectivity index (χ0n) is 18.8. The smallest absolute Gasteiger partial charge is 0.221 e. The second kappa shape index (κ2) is 9.10. The number of β-amino-alcohol motifs (C(OH)–C–C–N with tert-alkyl or cyclic N) is 1. The van der Waals surface area contributed by atoms with Gasteiger partial charge < -0.3 is 30.0 Å². The van der Waals surface area contributed by atoms with Crippen molar-refractivity contribution in [2.45, 2.75) is 44.0 Å². The van der Waals surface area contributed by atoms with Crippen LogP contribution < -0.4 is 15.2 Å². The molecule has 1 fully saturated rings. The number of fused-ring (bicyclic) bond motifs is 2. The molecule has 0 radical (unpaired) electrons. The monoisotopic (exact) mass is 440 g/mol. The predicted octanol–water partition coefficient (Wildman–Crippen LogP) is 2.37. The molecule has 1 atom stereocenters. The number of ether oxygens (including phenoxy) is 3. The van der Waals surface area contributed by atoms with E-state index in [2.05, 4.69) is 29.2 Å². The maximum absolute atomic E-state index is 11.4. The number of aliphatic hydroxyl groups is 1. The molecule has 2 aliphatic heterocycles. The molecule has 2 aromatic rings. The summed E-state index contributed by atoms with van der Waals surface area (Å²) < 4.78 is 17.4. The zero-order chi connectivity index (χ0) is 22.8. The highest BCUT2D eigenvalue weighted by Gasteiger charge is 2.43. The second-order valence-corrected chi connectivity index (χ2v) is 9.12. The number of nitrogens with zero attached hydrogens (tertiary/aromatic N) is 1. The number of primary amides is 1. The number of nitrogens with two attached hydrogens (primary N) is 1. The van der Waals surface area contributed by atoms with Crippen molar-refractivity contribution < 1.29 is 24.1 Å². The summed E-state index contributed by atoms with van der Waals surface area (Å²) in [6.45, 7) is 4.71. The molecule has 172 valence electrons. The van der Waals surface area contributed by atoms with E-state index < -0.39 is 11.5 Å². The average molecular weight is 441 g/mol. The summed E-state index contributed by atoms with van der Waals surface area (Å²) in [5.74, 6) is 0.674. The molecule has 4 rings (SSSR count). The van der Waals surface area contributed by atoms with E-state index in [1.54, 1.807) is 32.2 Å². The Morgan fingerprint density at radius 3 is 2.72 bits per heavy atom. The minimum absolute atomic E-state index is 0.0666. The number of benzene rings is 2. The maximum Gasteiger partial charge on any atom is 0.221 e. The predicted molar refractivity (Wildman–Crippen MR) is 121 cm³/mol. The molecule has 1 saturated heterocycles. The molecule has 0 saturated carbocycles. The topological polar surface area (TPSA) is 94.2 Å². The van der Waals surface area contributed by atoms with Crippen LogP contribution in [0.4, 0.5) is 0 Å². The zero-order valence-corrected chi connectivity index (χ0v) is 18.8. The van der Waals surface area contributed by atoms with E-state index in [1.165, 1.54) is 11.1 Å². The Labute approximate surface area is 189 Å². The fraction of sp³-hybridized carbons (Fsp3) is 0.480. The Morgan fingerprint density at radius 1 is 1.25 bits per heavy atom. The number of hydrogen-bond donors (Lipinski definition) is 2. The molecule has 3 N–H and O–H groups in total. The van der Waals surface area contributed by atoms with Crippen LogP contribution in [0.15, 0.2) is 42.5 Å². The van der Waals surface area contributed by atoms with Gasteiger partial charge >= 0.3 is 0 Å². The number of carbonyl (C=O) groups excluding carboxylic acids is 1. The van der Waals surface area contributed by atoms with Gasteiger partial charge in [-0.3, -0.25) is 4.79 Å². The van der Waals surface area contributed by atoms with Crippen molar-refractivity contribution in [3.8, 4) is 11.5 Å². The SMILES string of the molecule is COc1ccc(CC(N)=O)c(OC[C@@](C)(O)CN2CCC3(CC2)OCc2ccccc23)c1. The first-order valence-corrected chi connectivity index (χ1v) is 11.1. The van der Waals surface area contributed by atoms with Gasteiger partial charge in [-0.15, -0.1) is 0 Å². The van der Waals surface area contributed by atoms with E-state index in [1.807, 2.05) is 0 Å². The minimum Gasteiger partial charge on any atom is -0.497 e. The third kappa shape index (κ3) is 4.90. The summed E-state index contributed by atoms with van der Waals surface area (Å²) in [5, 5.41) is 11.0. The van der Waals surface area contributed by atoms with E-state index >= 15 is 0 Å². The number of likely N-dealkylation sites (tertiary alicyclic amines) is 1. The average Bonchev–Trinajstić information content (AvgIpc) is 3.13. The van der Waals surface area contributed by atoms with Gasteiger partial charge in [0.25, 0.3) is 0 Å². The molecule has 1 amide bonds. The van der Waals surface area contributed by atoms with Crippen LogP contribution in [0.25, 0.3) is 0 Å². The van der Waals surface area contributed by atoms with Gasteiger partial charge in [-0.05, 0) is 37.0 Å². The molecule has 7 nitrogen and oxygen atoms in total. The van der Waals surface area contributed by atoms with Crippen LogP contribution in [0, 0.1) is 0 Å². The Morgan fingerprint density at radius 2 is 2.00 bits per heavy atom. The fourth-order valence-electron chi connectivity index (χ4n) is 4.76. The van der Waals surface area contributed by atoms with Crippen LogP contribution in [0.3, 0.4) is 0 Å². The first-order valence-electron chi connectivity index (χ1n) is 11.1. The molecular weight excluding hydrogens is 408 g/mol. The summed E-state index contributed by atoms with van der Waals surface area (Å²) >= 11 is 0. The van der Waals surface area contributed by atoms with Gasteiger partial charge in [-0.2, -0.15) is 0 Å². The standard InChI is InChI=1S/C25H32N2O5/c1-24(29,17-31-22-14-20(30-2)8-7-18(22)13-23(26)28)16-27-11-9-25(10-12-27)21-6-4-3-5-19(21)15-32-25/h3-8,14,29H,9-13,15-17H2,1-2H3,(H2,26,28)/t24-/m0/s1. The number of piperidine rings is 1. The second-order valence-electron chi connectivity index (χ2n) is 9.12. The van der Waals surface area contributed by atoms with Crippen LogP contribution in [-0.4, -0.2) is 54.9 Å². The molecular formula is C25H32N2O5. The third-order valence-electron chi connectivity index (χ3n) is 6.42. The largest absolute Gasteiger partial charge is 0.497 e. The number of rotatable bonds is 8. The molecule has 32 heavy (non-hydrogen) atoms. The van der Waals surface area contributed by atoms with Gasteiger partial charge in [-0.25, -0.2) is 0 Å². The summed E-state index contributed by atoms with van der Waals surface area (Å²) in [6, 6.07) is 13.7. The van der Waals surface area contributed by atoms with E-state index in [0.717, 1.165) is 25.9 Å². The molecule has 0 bridgehead atoms. The van der Waals surface area contributed by atoms with Crippen molar-refractivity contribution in [2.75, 3.05) is 33.4 Å². The summed E-state index contributed by atoms with van der Waals surface area (Å²) in [6.07, 6.45) is 1.87. The lowest BCUT2D eigenvalue weighted by atomic mass is 9.83. The summed E-state index contributed by atoms with van der Waals surface area (Å²) in [4.78, 5) is 13.7. The lowest BCUT2D eigenvalue weighted by molar-refractivity contribution is -0.117. The van der Waals surface area contributed by atoms with Gasteiger partial charge in [0.15, 0.2) is 0 Å². The highest BCUT2D eigenvalue weighted by atomic mass is 16.5. The molecule has 2 aromatic carbocycles. The molecule has 7 heteroatoms. The number of amides is 1. The van der Waals surface area contributed by atoms with Gasteiger partial charge in [0, 0.05) is 31.3 Å². The van der Waals surface area contributed by atoms with Crippen molar-refractivity contribution in [2.24, 2.45) is 5.73 Å². The van der Waals surface area contributed by atoms with Crippen molar-refractivity contribution in [3.63, 3.8) is 0 Å². The fourth-order valence-corrected chi connectivity index (χ4v) is 4.76. The third-order valence-corrected chi connectivity index (χ3v) is 6.42. The Hall–Kier alpha value is -2.61. The highest BCUT2D eigenvalue weighted by molar-refractivity contribution is 5.77. The van der Waals surface area contributed by atoms with Crippen molar-refractivity contribution in [1.82, 2.24) is 4.90 Å². The maximum atomic E-state index is 11.4. The van der Waals surface area contributed by atoms with Crippen LogP contribution in [0.5, 0.6) is 11.5 Å². The molecule has 0 aromatic heterocycles. The Kier molecular flexibility index (Phi) is 6.42. The van der Waals surface area contributed by atoms with Crippen LogP contribution >= 0.6 is 0 Å². The van der Waals surface area contributed by atoms with Gasteiger partial charge in [0.2, 0.25) is 5.91 Å². The number of carbonyl (C=O) groups is 1. The number of methoxy groups -OCH3 is 1. The lowest BCUT2D eigenvalue weighted by Gasteiger charge is -2.41. The van der Waals surface area contributed by atoms with Crippen molar-refractivity contribution in [1.29, 1.82) is 0 Å². The number of hydrogen-bond acceptors (Lipinski definition) is 6. The van der Waals surface area contributed by atoms with Gasteiger partial charge in [-0.1, -0.05) is 30.3 Å². The normalized spacial score (nSPS) is 19.3. The molecule has 2 aliphatic rings. The highest BCUT2D eigenvalue weighted by Crippen LogP contribution is 2.44. The van der Waals surface area contributed by atoms with Crippen molar-refractivity contribution >= 4 is 5.91 Å². The molecule has 0 unspecified atom stereocenters. The quantitative estimate of drug-likeness (QED) is 0.655. The molecule has 1 spiro atoms. The minimum atomic E-state index is -1.06. The first kappa shape index (κ1) is 22.6. The van der Waals surface area contributed by atoms with Gasteiger partial charge in [0.1, 0.15) is 23.7 Å². The summed E-state index contributed by atoms with van der Waals surface area (Å²) in [7, 11) is 1.57. The summed E-state index contributed by atoms with van der Waals surface area (Å²) in [5.41, 5.74) is 7.37. The Balaban J connectivity index is 1.35. The van der Waals surface area contributed by atoms with E-state index in [4.69, 9.17) is 19.9 Å².